The summed E-state index contributed by atoms with van der Waals surface area (Å²) in [6.45, 7) is 7.44. The van der Waals surface area contributed by atoms with E-state index in [1.807, 2.05) is 26.8 Å². The molecule has 0 saturated heterocycles. The number of urea groups is 1. The van der Waals surface area contributed by atoms with Crippen LogP contribution in [0.3, 0.4) is 0 Å². The molecular formula is C13H20N2O2. The van der Waals surface area contributed by atoms with Crippen molar-refractivity contribution in [2.24, 2.45) is 0 Å². The number of aliphatic hydroxyl groups excluding tert-OH is 1. The number of carbonyl (C=O) groups is 1. The van der Waals surface area contributed by atoms with Crippen molar-refractivity contribution in [1.82, 2.24) is 5.32 Å². The SMILES string of the molecule is C[C@H](O)c1cccc(NC(=O)NC(C)(C)C)c1. The number of amides is 2. The quantitative estimate of drug-likeness (QED) is 0.739. The van der Waals surface area contributed by atoms with Gasteiger partial charge < -0.3 is 15.7 Å². The summed E-state index contributed by atoms with van der Waals surface area (Å²) >= 11 is 0. The predicted molar refractivity (Wildman–Crippen MR) is 69.0 cm³/mol. The Morgan fingerprint density at radius 1 is 1.35 bits per heavy atom. The fourth-order valence-corrected chi connectivity index (χ4v) is 1.38. The smallest absolute Gasteiger partial charge is 0.319 e. The Labute approximate surface area is 102 Å². The highest BCUT2D eigenvalue weighted by Gasteiger charge is 2.13. The number of benzene rings is 1. The summed E-state index contributed by atoms with van der Waals surface area (Å²) in [5, 5.41) is 15.0. The second-order valence-electron chi connectivity index (χ2n) is 5.13. The Balaban J connectivity index is 2.69. The molecule has 0 spiro atoms. The summed E-state index contributed by atoms with van der Waals surface area (Å²) in [6, 6.07) is 6.91. The van der Waals surface area contributed by atoms with E-state index >= 15 is 0 Å². The van der Waals surface area contributed by atoms with Gasteiger partial charge in [-0.1, -0.05) is 12.1 Å². The van der Waals surface area contributed by atoms with Crippen molar-refractivity contribution in [3.63, 3.8) is 0 Å². The molecule has 1 aromatic carbocycles. The van der Waals surface area contributed by atoms with Crippen LogP contribution in [0.2, 0.25) is 0 Å². The van der Waals surface area contributed by atoms with Crippen LogP contribution in [0.15, 0.2) is 24.3 Å². The van der Waals surface area contributed by atoms with Crippen LogP contribution >= 0.6 is 0 Å². The number of carbonyl (C=O) groups excluding carboxylic acids is 1. The lowest BCUT2D eigenvalue weighted by molar-refractivity contribution is 0.199. The van der Waals surface area contributed by atoms with E-state index in [1.54, 1.807) is 25.1 Å². The van der Waals surface area contributed by atoms with Gasteiger partial charge in [-0.25, -0.2) is 4.79 Å². The molecule has 0 fully saturated rings. The van der Waals surface area contributed by atoms with Gasteiger partial charge in [-0.05, 0) is 45.4 Å². The highest BCUT2D eigenvalue weighted by molar-refractivity contribution is 5.89. The van der Waals surface area contributed by atoms with Gasteiger partial charge in [0.1, 0.15) is 0 Å². The molecule has 3 N–H and O–H groups in total. The Morgan fingerprint density at radius 2 is 2.00 bits per heavy atom. The van der Waals surface area contributed by atoms with Gasteiger partial charge in [-0.15, -0.1) is 0 Å². The summed E-state index contributed by atoms with van der Waals surface area (Å²) in [4.78, 5) is 11.6. The van der Waals surface area contributed by atoms with Crippen molar-refractivity contribution in [2.75, 3.05) is 5.32 Å². The zero-order chi connectivity index (χ0) is 13.1. The maximum absolute atomic E-state index is 11.6. The summed E-state index contributed by atoms with van der Waals surface area (Å²) in [7, 11) is 0. The molecule has 17 heavy (non-hydrogen) atoms. The number of nitrogens with one attached hydrogen (secondary N) is 2. The van der Waals surface area contributed by atoms with Gasteiger partial charge in [0.2, 0.25) is 0 Å². The highest BCUT2D eigenvalue weighted by Crippen LogP contribution is 2.17. The molecule has 0 aliphatic carbocycles. The van der Waals surface area contributed by atoms with Crippen LogP contribution in [0, 0.1) is 0 Å². The lowest BCUT2D eigenvalue weighted by Gasteiger charge is -2.21. The lowest BCUT2D eigenvalue weighted by Crippen LogP contribution is -2.43. The summed E-state index contributed by atoms with van der Waals surface area (Å²) in [5.74, 6) is 0. The van der Waals surface area contributed by atoms with E-state index in [0.29, 0.717) is 5.69 Å². The summed E-state index contributed by atoms with van der Waals surface area (Å²) < 4.78 is 0. The predicted octanol–water partition coefficient (Wildman–Crippen LogP) is 2.66. The van der Waals surface area contributed by atoms with Crippen LogP contribution in [0.1, 0.15) is 39.4 Å². The largest absolute Gasteiger partial charge is 0.389 e. The highest BCUT2D eigenvalue weighted by atomic mass is 16.3. The summed E-state index contributed by atoms with van der Waals surface area (Å²) in [6.07, 6.45) is -0.539. The third kappa shape index (κ3) is 4.87. The number of rotatable bonds is 2. The first-order valence-corrected chi connectivity index (χ1v) is 5.65. The molecule has 4 nitrogen and oxygen atoms in total. The van der Waals surface area contributed by atoms with Gasteiger partial charge >= 0.3 is 6.03 Å². The lowest BCUT2D eigenvalue weighted by atomic mass is 10.1. The van der Waals surface area contributed by atoms with Gasteiger partial charge in [0.05, 0.1) is 6.10 Å². The number of aliphatic hydroxyl groups is 1. The van der Waals surface area contributed by atoms with Crippen molar-refractivity contribution in [1.29, 1.82) is 0 Å². The van der Waals surface area contributed by atoms with Crippen LogP contribution in [0.4, 0.5) is 10.5 Å². The minimum atomic E-state index is -0.539. The molecule has 0 aliphatic heterocycles. The van der Waals surface area contributed by atoms with Gasteiger partial charge in [0.25, 0.3) is 0 Å². The van der Waals surface area contributed by atoms with E-state index in [2.05, 4.69) is 10.6 Å². The van der Waals surface area contributed by atoms with Crippen molar-refractivity contribution in [3.05, 3.63) is 29.8 Å². The van der Waals surface area contributed by atoms with Crippen molar-refractivity contribution in [3.8, 4) is 0 Å². The Hall–Kier alpha value is -1.55. The molecule has 1 rings (SSSR count). The normalized spacial score (nSPS) is 13.0. The maximum atomic E-state index is 11.6. The molecule has 0 saturated carbocycles. The second-order valence-corrected chi connectivity index (χ2v) is 5.13. The minimum Gasteiger partial charge on any atom is -0.389 e. The molecule has 1 atom stereocenters. The molecule has 4 heteroatoms. The van der Waals surface area contributed by atoms with E-state index in [4.69, 9.17) is 0 Å². The molecule has 0 radical (unpaired) electrons. The molecule has 0 aliphatic rings. The van der Waals surface area contributed by atoms with Crippen LogP contribution in [-0.4, -0.2) is 16.7 Å². The van der Waals surface area contributed by atoms with E-state index in [-0.39, 0.29) is 11.6 Å². The minimum absolute atomic E-state index is 0.250. The van der Waals surface area contributed by atoms with E-state index in [1.165, 1.54) is 0 Å². The van der Waals surface area contributed by atoms with Crippen molar-refractivity contribution < 1.29 is 9.90 Å². The van der Waals surface area contributed by atoms with Gasteiger partial charge in [0, 0.05) is 11.2 Å². The molecular weight excluding hydrogens is 216 g/mol. The number of hydrogen-bond acceptors (Lipinski definition) is 2. The van der Waals surface area contributed by atoms with Crippen molar-refractivity contribution in [2.45, 2.75) is 39.3 Å². The third-order valence-corrected chi connectivity index (χ3v) is 2.12. The number of anilines is 1. The van der Waals surface area contributed by atoms with Crippen LogP contribution in [0.5, 0.6) is 0 Å². The molecule has 0 aromatic heterocycles. The van der Waals surface area contributed by atoms with Crippen molar-refractivity contribution >= 4 is 11.7 Å². The molecule has 2 amide bonds. The van der Waals surface area contributed by atoms with Gasteiger partial charge in [0.15, 0.2) is 0 Å². The van der Waals surface area contributed by atoms with Gasteiger partial charge in [-0.3, -0.25) is 0 Å². The monoisotopic (exact) mass is 236 g/mol. The van der Waals surface area contributed by atoms with E-state index in [0.717, 1.165) is 5.56 Å². The molecule has 0 heterocycles. The fraction of sp³-hybridized carbons (Fsp3) is 0.462. The first kappa shape index (κ1) is 13.5. The van der Waals surface area contributed by atoms with E-state index < -0.39 is 6.10 Å². The second kappa shape index (κ2) is 5.19. The van der Waals surface area contributed by atoms with Crippen LogP contribution in [-0.2, 0) is 0 Å². The molecule has 94 valence electrons. The standard InChI is InChI=1S/C13H20N2O2/c1-9(16)10-6-5-7-11(8-10)14-12(17)15-13(2,3)4/h5-9,16H,1-4H3,(H2,14,15,17)/t9-/m0/s1. The zero-order valence-electron chi connectivity index (χ0n) is 10.7. The number of hydrogen-bond donors (Lipinski definition) is 3. The average Bonchev–Trinajstić information content (AvgIpc) is 2.14. The Bertz CT molecular complexity index is 395. The summed E-state index contributed by atoms with van der Waals surface area (Å²) in [5.41, 5.74) is 1.18. The van der Waals surface area contributed by atoms with Crippen LogP contribution in [0.25, 0.3) is 0 Å². The van der Waals surface area contributed by atoms with Crippen LogP contribution < -0.4 is 10.6 Å². The molecule has 0 unspecified atom stereocenters. The Kier molecular flexibility index (Phi) is 4.12. The maximum Gasteiger partial charge on any atom is 0.319 e. The zero-order valence-corrected chi connectivity index (χ0v) is 10.7. The van der Waals surface area contributed by atoms with E-state index in [9.17, 15) is 9.90 Å². The fourth-order valence-electron chi connectivity index (χ4n) is 1.38. The molecule has 0 bridgehead atoms. The first-order chi connectivity index (χ1) is 7.78. The third-order valence-electron chi connectivity index (χ3n) is 2.12. The average molecular weight is 236 g/mol. The first-order valence-electron chi connectivity index (χ1n) is 5.65. The van der Waals surface area contributed by atoms with Gasteiger partial charge in [-0.2, -0.15) is 0 Å². The molecule has 1 aromatic rings. The Morgan fingerprint density at radius 3 is 2.53 bits per heavy atom. The topological polar surface area (TPSA) is 61.4 Å².